The zero-order valence-corrected chi connectivity index (χ0v) is 14.7. The third kappa shape index (κ3) is 4.02. The minimum absolute atomic E-state index is 0.453. The lowest BCUT2D eigenvalue weighted by Gasteiger charge is -2.43. The Kier molecular flexibility index (Phi) is 5.77. The molecule has 1 aliphatic carbocycles. The van der Waals surface area contributed by atoms with Crippen LogP contribution in [0, 0.1) is 5.92 Å². The number of piperidine rings is 2. The average Bonchev–Trinajstić information content (AvgIpc) is 2.51. The molecule has 1 unspecified atom stereocenters. The molecule has 0 radical (unpaired) electrons. The van der Waals surface area contributed by atoms with E-state index in [1.807, 2.05) is 7.11 Å². The lowest BCUT2D eigenvalue weighted by atomic mass is 9.88. The van der Waals surface area contributed by atoms with Gasteiger partial charge in [0, 0.05) is 26.2 Å². The molecule has 4 nitrogen and oxygen atoms in total. The number of methoxy groups -OCH3 is 1. The molecular weight excluding hydrogens is 276 g/mol. The SMILES string of the molecule is COC1CC(OC2CCN(C(C)C3CCN(C)CC3)CC2)C1. The second kappa shape index (κ2) is 7.61. The number of hydrogen-bond acceptors (Lipinski definition) is 4. The van der Waals surface area contributed by atoms with Gasteiger partial charge in [-0.05, 0) is 71.5 Å². The molecule has 22 heavy (non-hydrogen) atoms. The summed E-state index contributed by atoms with van der Waals surface area (Å²) in [4.78, 5) is 5.18. The standard InChI is InChI=1S/C18H34N2O2/c1-14(15-4-8-19(2)9-5-15)20-10-6-16(7-11-20)22-18-12-17(13-18)21-3/h14-18H,4-13H2,1-3H3. The minimum atomic E-state index is 0.453. The van der Waals surface area contributed by atoms with Gasteiger partial charge in [-0.15, -0.1) is 0 Å². The number of rotatable bonds is 5. The van der Waals surface area contributed by atoms with Crippen LogP contribution in [0.2, 0.25) is 0 Å². The van der Waals surface area contributed by atoms with Gasteiger partial charge in [-0.3, -0.25) is 0 Å². The number of hydrogen-bond donors (Lipinski definition) is 0. The first kappa shape index (κ1) is 16.7. The summed E-state index contributed by atoms with van der Waals surface area (Å²) in [5.74, 6) is 0.891. The van der Waals surface area contributed by atoms with Crippen LogP contribution in [0.3, 0.4) is 0 Å². The molecule has 3 fully saturated rings. The predicted octanol–water partition coefficient (Wildman–Crippen LogP) is 2.38. The molecule has 4 heteroatoms. The summed E-state index contributed by atoms with van der Waals surface area (Å²) in [6.45, 7) is 7.44. The fourth-order valence-electron chi connectivity index (χ4n) is 4.32. The summed E-state index contributed by atoms with van der Waals surface area (Å²) in [6, 6.07) is 0.747. The Hall–Kier alpha value is -0.160. The lowest BCUT2D eigenvalue weighted by Crippen LogP contribution is -2.49. The molecule has 0 spiro atoms. The molecule has 128 valence electrons. The molecule has 3 aliphatic rings. The highest BCUT2D eigenvalue weighted by atomic mass is 16.5. The molecule has 0 amide bonds. The number of likely N-dealkylation sites (tertiary alicyclic amines) is 2. The fraction of sp³-hybridized carbons (Fsp3) is 1.00. The molecule has 1 saturated carbocycles. The maximum absolute atomic E-state index is 6.23. The van der Waals surface area contributed by atoms with Crippen LogP contribution in [-0.2, 0) is 9.47 Å². The second-order valence-electron chi connectivity index (χ2n) is 7.70. The summed E-state index contributed by atoms with van der Waals surface area (Å²) in [5, 5.41) is 0. The van der Waals surface area contributed by atoms with Crippen molar-refractivity contribution in [1.82, 2.24) is 9.80 Å². The highest BCUT2D eigenvalue weighted by Gasteiger charge is 2.34. The first-order chi connectivity index (χ1) is 10.7. The van der Waals surface area contributed by atoms with Crippen LogP contribution < -0.4 is 0 Å². The molecule has 0 N–H and O–H groups in total. The number of nitrogens with zero attached hydrogens (tertiary/aromatic N) is 2. The molecule has 0 aromatic heterocycles. The Bertz CT molecular complexity index is 330. The summed E-state index contributed by atoms with van der Waals surface area (Å²) < 4.78 is 11.6. The molecule has 1 atom stereocenters. The minimum Gasteiger partial charge on any atom is -0.381 e. The van der Waals surface area contributed by atoms with E-state index < -0.39 is 0 Å². The molecule has 2 heterocycles. The Labute approximate surface area is 136 Å². The van der Waals surface area contributed by atoms with Crippen LogP contribution in [0.15, 0.2) is 0 Å². The van der Waals surface area contributed by atoms with E-state index >= 15 is 0 Å². The Morgan fingerprint density at radius 1 is 0.864 bits per heavy atom. The van der Waals surface area contributed by atoms with E-state index in [0.717, 1.165) is 24.8 Å². The highest BCUT2D eigenvalue weighted by molar-refractivity contribution is 4.86. The van der Waals surface area contributed by atoms with Crippen molar-refractivity contribution >= 4 is 0 Å². The van der Waals surface area contributed by atoms with Crippen molar-refractivity contribution in [3.63, 3.8) is 0 Å². The smallest absolute Gasteiger partial charge is 0.0628 e. The van der Waals surface area contributed by atoms with E-state index in [2.05, 4.69) is 23.8 Å². The largest absolute Gasteiger partial charge is 0.381 e. The highest BCUT2D eigenvalue weighted by Crippen LogP contribution is 2.30. The Balaban J connectivity index is 1.36. The van der Waals surface area contributed by atoms with E-state index in [0.29, 0.717) is 18.3 Å². The quantitative estimate of drug-likeness (QED) is 0.778. The zero-order valence-electron chi connectivity index (χ0n) is 14.7. The summed E-state index contributed by atoms with van der Waals surface area (Å²) in [5.41, 5.74) is 0. The second-order valence-corrected chi connectivity index (χ2v) is 7.70. The van der Waals surface area contributed by atoms with E-state index in [4.69, 9.17) is 9.47 Å². The van der Waals surface area contributed by atoms with Gasteiger partial charge in [-0.25, -0.2) is 0 Å². The Morgan fingerprint density at radius 2 is 1.50 bits per heavy atom. The van der Waals surface area contributed by atoms with Crippen molar-refractivity contribution in [2.75, 3.05) is 40.3 Å². The van der Waals surface area contributed by atoms with Crippen LogP contribution in [0.4, 0.5) is 0 Å². The summed E-state index contributed by atoms with van der Waals surface area (Å²) in [7, 11) is 4.06. The summed E-state index contributed by atoms with van der Waals surface area (Å²) >= 11 is 0. The maximum atomic E-state index is 6.23. The van der Waals surface area contributed by atoms with Gasteiger partial charge in [0.2, 0.25) is 0 Å². The molecule has 3 rings (SSSR count). The van der Waals surface area contributed by atoms with E-state index in [1.54, 1.807) is 0 Å². The fourth-order valence-corrected chi connectivity index (χ4v) is 4.32. The maximum Gasteiger partial charge on any atom is 0.0628 e. The van der Waals surface area contributed by atoms with Crippen molar-refractivity contribution in [3.8, 4) is 0 Å². The van der Waals surface area contributed by atoms with Gasteiger partial charge >= 0.3 is 0 Å². The van der Waals surface area contributed by atoms with E-state index in [-0.39, 0.29) is 0 Å². The van der Waals surface area contributed by atoms with Crippen LogP contribution >= 0.6 is 0 Å². The zero-order chi connectivity index (χ0) is 15.5. The van der Waals surface area contributed by atoms with Gasteiger partial charge in [-0.2, -0.15) is 0 Å². The van der Waals surface area contributed by atoms with Gasteiger partial charge < -0.3 is 19.3 Å². The van der Waals surface area contributed by atoms with Crippen molar-refractivity contribution in [2.45, 2.75) is 69.8 Å². The van der Waals surface area contributed by atoms with Crippen molar-refractivity contribution in [1.29, 1.82) is 0 Å². The molecule has 2 saturated heterocycles. The van der Waals surface area contributed by atoms with Gasteiger partial charge in [0.05, 0.1) is 18.3 Å². The molecule has 0 aromatic carbocycles. The van der Waals surface area contributed by atoms with Crippen molar-refractivity contribution < 1.29 is 9.47 Å². The van der Waals surface area contributed by atoms with Gasteiger partial charge in [0.25, 0.3) is 0 Å². The van der Waals surface area contributed by atoms with Crippen LogP contribution in [0.5, 0.6) is 0 Å². The molecule has 0 aromatic rings. The van der Waals surface area contributed by atoms with E-state index in [1.165, 1.54) is 51.9 Å². The molecule has 2 aliphatic heterocycles. The summed E-state index contributed by atoms with van der Waals surface area (Å²) in [6.07, 6.45) is 8.77. The lowest BCUT2D eigenvalue weighted by molar-refractivity contribution is -0.128. The third-order valence-electron chi connectivity index (χ3n) is 6.27. The predicted molar refractivity (Wildman–Crippen MR) is 89.2 cm³/mol. The third-order valence-corrected chi connectivity index (χ3v) is 6.27. The first-order valence-corrected chi connectivity index (χ1v) is 9.26. The number of ether oxygens (including phenoxy) is 2. The van der Waals surface area contributed by atoms with Crippen LogP contribution in [0.1, 0.15) is 45.4 Å². The van der Waals surface area contributed by atoms with Crippen molar-refractivity contribution in [2.24, 2.45) is 5.92 Å². The van der Waals surface area contributed by atoms with Gasteiger partial charge in [-0.1, -0.05) is 0 Å². The monoisotopic (exact) mass is 310 g/mol. The van der Waals surface area contributed by atoms with Gasteiger partial charge in [0.1, 0.15) is 0 Å². The average molecular weight is 310 g/mol. The van der Waals surface area contributed by atoms with Crippen LogP contribution in [0.25, 0.3) is 0 Å². The molecular formula is C18H34N2O2. The van der Waals surface area contributed by atoms with Gasteiger partial charge in [0.15, 0.2) is 0 Å². The first-order valence-electron chi connectivity index (χ1n) is 9.26. The van der Waals surface area contributed by atoms with Crippen molar-refractivity contribution in [3.05, 3.63) is 0 Å². The molecule has 0 bridgehead atoms. The van der Waals surface area contributed by atoms with E-state index in [9.17, 15) is 0 Å². The van der Waals surface area contributed by atoms with Crippen LogP contribution in [-0.4, -0.2) is 74.5 Å². The Morgan fingerprint density at radius 3 is 2.09 bits per heavy atom. The normalized spacial score (nSPS) is 34.5. The topological polar surface area (TPSA) is 24.9 Å².